The first-order chi connectivity index (χ1) is 13.9. The zero-order valence-corrected chi connectivity index (χ0v) is 16.9. The fraction of sp³-hybridized carbons (Fsp3) is 0.100. The largest absolute Gasteiger partial charge is 0.460 e. The Balaban J connectivity index is 1.40. The molecule has 9 heteroatoms. The molecule has 29 heavy (non-hydrogen) atoms. The highest BCUT2D eigenvalue weighted by Gasteiger charge is 2.15. The summed E-state index contributed by atoms with van der Waals surface area (Å²) >= 11 is 6.25. The van der Waals surface area contributed by atoms with Crippen molar-refractivity contribution in [2.45, 2.75) is 11.4 Å². The van der Waals surface area contributed by atoms with Gasteiger partial charge in [0.15, 0.2) is 0 Å². The van der Waals surface area contributed by atoms with E-state index in [1.165, 1.54) is 12.1 Å². The minimum atomic E-state index is -3.71. The molecule has 1 aliphatic rings. The standard InChI is InChI=1S/C20H19ClN4O3S/c21-18-4-2-1-3-17(18)19-12-25(13-23-19)24-11-15-7-10-20(28-15)14-5-8-16(9-6-14)29(22,26)27/h1-10,12,23-24H,11,13H2,(H2,22,26,27). The normalized spacial score (nSPS) is 14.0. The van der Waals surface area contributed by atoms with E-state index in [-0.39, 0.29) is 4.90 Å². The number of furan rings is 1. The van der Waals surface area contributed by atoms with Crippen molar-refractivity contribution in [2.24, 2.45) is 5.14 Å². The molecule has 4 rings (SSSR count). The summed E-state index contributed by atoms with van der Waals surface area (Å²) in [5, 5.41) is 11.0. The molecule has 0 fully saturated rings. The molecule has 0 radical (unpaired) electrons. The summed E-state index contributed by atoms with van der Waals surface area (Å²) in [6, 6.07) is 17.6. The van der Waals surface area contributed by atoms with Crippen LogP contribution in [0.5, 0.6) is 0 Å². The number of hydrogen-bond acceptors (Lipinski definition) is 6. The maximum absolute atomic E-state index is 11.4. The summed E-state index contributed by atoms with van der Waals surface area (Å²) < 4.78 is 28.6. The van der Waals surface area contributed by atoms with E-state index in [4.69, 9.17) is 21.2 Å². The van der Waals surface area contributed by atoms with E-state index in [1.807, 2.05) is 47.6 Å². The Kier molecular flexibility index (Phi) is 5.33. The fourth-order valence-electron chi connectivity index (χ4n) is 2.98. The van der Waals surface area contributed by atoms with Gasteiger partial charge in [0.1, 0.15) is 18.2 Å². The highest BCUT2D eigenvalue weighted by molar-refractivity contribution is 7.89. The Bertz CT molecular complexity index is 1160. The van der Waals surface area contributed by atoms with E-state index in [9.17, 15) is 8.42 Å². The Hall–Kier alpha value is -2.78. The van der Waals surface area contributed by atoms with Crippen LogP contribution in [-0.2, 0) is 16.6 Å². The molecule has 0 unspecified atom stereocenters. The van der Waals surface area contributed by atoms with E-state index < -0.39 is 10.0 Å². The van der Waals surface area contributed by atoms with Gasteiger partial charge in [-0.25, -0.2) is 19.0 Å². The van der Waals surface area contributed by atoms with E-state index in [0.29, 0.717) is 24.0 Å². The van der Waals surface area contributed by atoms with Gasteiger partial charge >= 0.3 is 0 Å². The number of benzene rings is 2. The van der Waals surface area contributed by atoms with E-state index in [2.05, 4.69) is 10.7 Å². The van der Waals surface area contributed by atoms with Crippen molar-refractivity contribution >= 4 is 27.3 Å². The van der Waals surface area contributed by atoms with Crippen molar-refractivity contribution in [1.82, 2.24) is 15.8 Å². The number of nitrogens with zero attached hydrogens (tertiary/aromatic N) is 1. The Morgan fingerprint density at radius 3 is 2.59 bits per heavy atom. The highest BCUT2D eigenvalue weighted by Crippen LogP contribution is 2.25. The molecule has 0 saturated heterocycles. The van der Waals surface area contributed by atoms with Crippen LogP contribution in [-0.4, -0.2) is 20.1 Å². The number of hydrogen-bond donors (Lipinski definition) is 3. The third-order valence-corrected chi connectivity index (χ3v) is 5.73. The van der Waals surface area contributed by atoms with Crippen LogP contribution in [0.3, 0.4) is 0 Å². The molecule has 2 aromatic carbocycles. The molecule has 150 valence electrons. The van der Waals surface area contributed by atoms with Crippen LogP contribution in [0.2, 0.25) is 5.02 Å². The van der Waals surface area contributed by atoms with Gasteiger partial charge in [0, 0.05) is 22.3 Å². The second kappa shape index (κ2) is 7.92. The third-order valence-electron chi connectivity index (χ3n) is 4.47. The average Bonchev–Trinajstić information content (AvgIpc) is 3.36. The molecule has 1 aromatic heterocycles. The van der Waals surface area contributed by atoms with Gasteiger partial charge in [0.2, 0.25) is 10.0 Å². The van der Waals surface area contributed by atoms with Gasteiger partial charge < -0.3 is 9.73 Å². The molecular formula is C20H19ClN4O3S. The van der Waals surface area contributed by atoms with Crippen molar-refractivity contribution in [3.63, 3.8) is 0 Å². The zero-order chi connectivity index (χ0) is 20.4. The van der Waals surface area contributed by atoms with Gasteiger partial charge in [-0.05, 0) is 42.5 Å². The lowest BCUT2D eigenvalue weighted by Crippen LogP contribution is -2.34. The van der Waals surface area contributed by atoms with Crippen LogP contribution in [0.1, 0.15) is 11.3 Å². The summed E-state index contributed by atoms with van der Waals surface area (Å²) in [5.74, 6) is 1.39. The zero-order valence-electron chi connectivity index (χ0n) is 15.3. The van der Waals surface area contributed by atoms with Crippen molar-refractivity contribution in [3.05, 3.63) is 83.2 Å². The molecule has 4 N–H and O–H groups in total. The van der Waals surface area contributed by atoms with Crippen molar-refractivity contribution in [3.8, 4) is 11.3 Å². The number of halogens is 1. The molecular weight excluding hydrogens is 412 g/mol. The van der Waals surface area contributed by atoms with Gasteiger partial charge in [-0.1, -0.05) is 29.8 Å². The van der Waals surface area contributed by atoms with Crippen LogP contribution in [0, 0.1) is 0 Å². The number of rotatable bonds is 6. The van der Waals surface area contributed by atoms with Crippen LogP contribution in [0.25, 0.3) is 17.0 Å². The first kappa shape index (κ1) is 19.5. The maximum Gasteiger partial charge on any atom is 0.238 e. The summed E-state index contributed by atoms with van der Waals surface area (Å²) in [5.41, 5.74) is 5.93. The van der Waals surface area contributed by atoms with Gasteiger partial charge in [-0.2, -0.15) is 0 Å². The van der Waals surface area contributed by atoms with Gasteiger partial charge in [-0.15, -0.1) is 0 Å². The second-order valence-corrected chi connectivity index (χ2v) is 8.47. The Morgan fingerprint density at radius 2 is 1.86 bits per heavy atom. The van der Waals surface area contributed by atoms with Crippen molar-refractivity contribution in [1.29, 1.82) is 0 Å². The Morgan fingerprint density at radius 1 is 1.10 bits per heavy atom. The maximum atomic E-state index is 11.4. The van der Waals surface area contributed by atoms with E-state index in [1.54, 1.807) is 12.1 Å². The SMILES string of the molecule is NS(=O)(=O)c1ccc(-c2ccc(CNN3C=C(c4ccccc4Cl)NC3)o2)cc1. The second-order valence-electron chi connectivity index (χ2n) is 6.50. The van der Waals surface area contributed by atoms with Gasteiger partial charge in [0.05, 0.1) is 17.1 Å². The average molecular weight is 431 g/mol. The van der Waals surface area contributed by atoms with Crippen LogP contribution >= 0.6 is 11.6 Å². The summed E-state index contributed by atoms with van der Waals surface area (Å²) in [4.78, 5) is 0.0670. The topological polar surface area (TPSA) is 101 Å². The van der Waals surface area contributed by atoms with Crippen molar-refractivity contribution in [2.75, 3.05) is 6.67 Å². The summed E-state index contributed by atoms with van der Waals surface area (Å²) in [6.45, 7) is 1.09. The predicted molar refractivity (Wildman–Crippen MR) is 112 cm³/mol. The molecule has 2 heterocycles. The molecule has 3 aromatic rings. The molecule has 0 bridgehead atoms. The summed E-state index contributed by atoms with van der Waals surface area (Å²) in [7, 11) is -3.71. The number of primary sulfonamides is 1. The quantitative estimate of drug-likeness (QED) is 0.555. The monoisotopic (exact) mass is 430 g/mol. The number of nitrogens with two attached hydrogens (primary N) is 1. The van der Waals surface area contributed by atoms with E-state index in [0.717, 1.165) is 22.6 Å². The van der Waals surface area contributed by atoms with E-state index >= 15 is 0 Å². The minimum Gasteiger partial charge on any atom is -0.460 e. The highest BCUT2D eigenvalue weighted by atomic mass is 35.5. The lowest BCUT2D eigenvalue weighted by Gasteiger charge is -2.14. The first-order valence-corrected chi connectivity index (χ1v) is 10.8. The predicted octanol–water partition coefficient (Wildman–Crippen LogP) is 3.11. The molecule has 0 saturated carbocycles. The molecule has 0 spiro atoms. The van der Waals surface area contributed by atoms with Gasteiger partial charge in [-0.3, -0.25) is 5.01 Å². The van der Waals surface area contributed by atoms with Crippen LogP contribution < -0.4 is 15.9 Å². The number of nitrogens with one attached hydrogen (secondary N) is 2. The smallest absolute Gasteiger partial charge is 0.238 e. The lowest BCUT2D eigenvalue weighted by atomic mass is 10.2. The minimum absolute atomic E-state index is 0.0670. The third kappa shape index (κ3) is 4.46. The molecule has 0 amide bonds. The fourth-order valence-corrected chi connectivity index (χ4v) is 3.73. The molecule has 0 aliphatic carbocycles. The Labute approximate surface area is 173 Å². The van der Waals surface area contributed by atoms with Crippen molar-refractivity contribution < 1.29 is 12.8 Å². The van der Waals surface area contributed by atoms with Gasteiger partial charge in [0.25, 0.3) is 0 Å². The van der Waals surface area contributed by atoms with Crippen LogP contribution in [0.4, 0.5) is 0 Å². The van der Waals surface area contributed by atoms with Crippen LogP contribution in [0.15, 0.2) is 76.2 Å². The number of hydrazine groups is 1. The molecule has 1 aliphatic heterocycles. The first-order valence-electron chi connectivity index (χ1n) is 8.83. The summed E-state index contributed by atoms with van der Waals surface area (Å²) in [6.07, 6.45) is 1.96. The molecule has 7 nitrogen and oxygen atoms in total. The molecule has 0 atom stereocenters. The lowest BCUT2D eigenvalue weighted by molar-refractivity contribution is 0.266. The number of sulfonamides is 1.